The number of esters is 3. The lowest BCUT2D eigenvalue weighted by Crippen LogP contribution is -2.30. The molecule has 0 rings (SSSR count). The van der Waals surface area contributed by atoms with Gasteiger partial charge < -0.3 is 14.2 Å². The molecule has 6 nitrogen and oxygen atoms in total. The summed E-state index contributed by atoms with van der Waals surface area (Å²) < 4.78 is 16.7. The van der Waals surface area contributed by atoms with E-state index < -0.39 is 6.10 Å². The van der Waals surface area contributed by atoms with Gasteiger partial charge in [0.05, 0.1) is 0 Å². The largest absolute Gasteiger partial charge is 0.462 e. The maximum absolute atomic E-state index is 12.7. The topological polar surface area (TPSA) is 78.9 Å². The van der Waals surface area contributed by atoms with Gasteiger partial charge in [-0.3, -0.25) is 14.4 Å². The second-order valence-electron chi connectivity index (χ2n) is 16.0. The molecule has 0 aromatic heterocycles. The van der Waals surface area contributed by atoms with Crippen LogP contribution in [0.25, 0.3) is 0 Å². The van der Waals surface area contributed by atoms with E-state index in [0.29, 0.717) is 19.3 Å². The van der Waals surface area contributed by atoms with E-state index in [0.717, 1.165) is 89.9 Å². The van der Waals surface area contributed by atoms with Crippen molar-refractivity contribution in [3.05, 3.63) is 60.8 Å². The average Bonchev–Trinajstić information content (AvgIpc) is 3.22. The van der Waals surface area contributed by atoms with E-state index in [4.69, 9.17) is 14.2 Å². The van der Waals surface area contributed by atoms with Crippen LogP contribution in [0.1, 0.15) is 233 Å². The normalized spacial score (nSPS) is 12.5. The van der Waals surface area contributed by atoms with Crippen LogP contribution >= 0.6 is 0 Å². The van der Waals surface area contributed by atoms with Crippen molar-refractivity contribution in [3.63, 3.8) is 0 Å². The van der Waals surface area contributed by atoms with Crippen LogP contribution in [0.2, 0.25) is 0 Å². The number of unbranched alkanes of at least 4 members (excludes halogenated alkanes) is 22. The summed E-state index contributed by atoms with van der Waals surface area (Å²) >= 11 is 0. The zero-order chi connectivity index (χ0) is 42.3. The molecule has 0 heterocycles. The molecule has 0 spiro atoms. The van der Waals surface area contributed by atoms with Gasteiger partial charge in [0.25, 0.3) is 0 Å². The van der Waals surface area contributed by atoms with Gasteiger partial charge >= 0.3 is 17.9 Å². The SMILES string of the molecule is CCCC/C=C\CCCCCCC(=O)OCC(COC(=O)CCC/C=C\C/C=C\C/C=C\CCCCCCCC)OC(=O)CCCCC/C=C\CCCCCCCC. The molecule has 0 aliphatic carbocycles. The summed E-state index contributed by atoms with van der Waals surface area (Å²) in [5.41, 5.74) is 0. The summed E-state index contributed by atoms with van der Waals surface area (Å²) in [6.45, 7) is 6.50. The molecule has 58 heavy (non-hydrogen) atoms. The summed E-state index contributed by atoms with van der Waals surface area (Å²) in [4.78, 5) is 37.8. The summed E-state index contributed by atoms with van der Waals surface area (Å²) in [5.74, 6) is -0.987. The van der Waals surface area contributed by atoms with Gasteiger partial charge in [0.2, 0.25) is 0 Å². The Morgan fingerprint density at radius 2 is 0.655 bits per heavy atom. The van der Waals surface area contributed by atoms with Crippen LogP contribution in [0.15, 0.2) is 60.8 Å². The summed E-state index contributed by atoms with van der Waals surface area (Å²) in [5, 5.41) is 0. The molecule has 334 valence electrons. The molecule has 0 aromatic rings. The highest BCUT2D eigenvalue weighted by molar-refractivity contribution is 5.71. The van der Waals surface area contributed by atoms with Gasteiger partial charge in [-0.25, -0.2) is 0 Å². The van der Waals surface area contributed by atoms with E-state index in [1.54, 1.807) is 0 Å². The molecule has 0 saturated heterocycles. The number of carbonyl (C=O) groups is 3. The number of allylic oxidation sites excluding steroid dienone is 10. The average molecular weight is 811 g/mol. The minimum absolute atomic E-state index is 0.102. The van der Waals surface area contributed by atoms with Crippen molar-refractivity contribution in [1.82, 2.24) is 0 Å². The van der Waals surface area contributed by atoms with Crippen LogP contribution in [0.3, 0.4) is 0 Å². The maximum Gasteiger partial charge on any atom is 0.306 e. The van der Waals surface area contributed by atoms with Gasteiger partial charge in [-0.1, -0.05) is 178 Å². The van der Waals surface area contributed by atoms with Crippen molar-refractivity contribution in [2.24, 2.45) is 0 Å². The van der Waals surface area contributed by atoms with Crippen molar-refractivity contribution in [2.75, 3.05) is 13.2 Å². The highest BCUT2D eigenvalue weighted by atomic mass is 16.6. The summed E-state index contributed by atoms with van der Waals surface area (Å²) in [6.07, 6.45) is 56.4. The number of carbonyl (C=O) groups excluding carboxylic acids is 3. The standard InChI is InChI=1S/C52H90O6/c1-4-7-10-13-16-19-22-24-25-26-27-29-30-33-36-39-42-45-51(54)57-48-49(47-56-50(53)44-41-38-35-32-21-18-15-12-9-6-3)58-52(55)46-43-40-37-34-31-28-23-20-17-14-11-8-5-2/h15,18,24-25,27-29,31,33,36,49H,4-14,16-17,19-23,26,30,32,34-35,37-48H2,1-3H3/b18-15-,25-24-,29-27-,31-28-,36-33-. The molecule has 0 bridgehead atoms. The third kappa shape index (κ3) is 44.2. The first kappa shape index (κ1) is 55.1. The minimum atomic E-state index is -0.804. The van der Waals surface area contributed by atoms with Gasteiger partial charge in [-0.2, -0.15) is 0 Å². The fraction of sp³-hybridized carbons (Fsp3) is 0.750. The van der Waals surface area contributed by atoms with Gasteiger partial charge in [-0.15, -0.1) is 0 Å². The second-order valence-corrected chi connectivity index (χ2v) is 16.0. The quantitative estimate of drug-likeness (QED) is 0.0264. The molecule has 0 N–H and O–H groups in total. The first-order valence-corrected chi connectivity index (χ1v) is 24.3. The number of rotatable bonds is 43. The number of hydrogen-bond acceptors (Lipinski definition) is 6. The Labute approximate surface area is 358 Å². The second kappa shape index (κ2) is 46.8. The minimum Gasteiger partial charge on any atom is -0.462 e. The van der Waals surface area contributed by atoms with Crippen LogP contribution in [0, 0.1) is 0 Å². The molecular formula is C52H90O6. The molecule has 0 fully saturated rings. The monoisotopic (exact) mass is 811 g/mol. The van der Waals surface area contributed by atoms with Crippen LogP contribution in [-0.4, -0.2) is 37.2 Å². The predicted octanol–water partition coefficient (Wildman–Crippen LogP) is 15.7. The first-order chi connectivity index (χ1) is 28.5. The molecule has 0 amide bonds. The highest BCUT2D eigenvalue weighted by Gasteiger charge is 2.19. The Morgan fingerprint density at radius 3 is 1.12 bits per heavy atom. The molecule has 1 unspecified atom stereocenters. The lowest BCUT2D eigenvalue weighted by atomic mass is 10.1. The van der Waals surface area contributed by atoms with E-state index in [-0.39, 0.29) is 37.5 Å². The van der Waals surface area contributed by atoms with E-state index in [1.807, 2.05) is 0 Å². The Hall–Kier alpha value is -2.89. The van der Waals surface area contributed by atoms with Crippen molar-refractivity contribution < 1.29 is 28.6 Å². The van der Waals surface area contributed by atoms with Gasteiger partial charge in [0, 0.05) is 19.3 Å². The number of hydrogen-bond donors (Lipinski definition) is 0. The van der Waals surface area contributed by atoms with Crippen LogP contribution < -0.4 is 0 Å². The zero-order valence-electron chi connectivity index (χ0n) is 38.0. The maximum atomic E-state index is 12.7. The lowest BCUT2D eigenvalue weighted by Gasteiger charge is -2.18. The van der Waals surface area contributed by atoms with Crippen molar-refractivity contribution in [1.29, 1.82) is 0 Å². The van der Waals surface area contributed by atoms with Crippen LogP contribution in [-0.2, 0) is 28.6 Å². The van der Waals surface area contributed by atoms with Crippen LogP contribution in [0.4, 0.5) is 0 Å². The van der Waals surface area contributed by atoms with Gasteiger partial charge in [0.1, 0.15) is 13.2 Å². The molecular weight excluding hydrogens is 721 g/mol. The fourth-order valence-corrected chi connectivity index (χ4v) is 6.49. The Morgan fingerprint density at radius 1 is 0.345 bits per heavy atom. The third-order valence-electron chi connectivity index (χ3n) is 10.2. The molecule has 0 aromatic carbocycles. The Kier molecular flexibility index (Phi) is 44.5. The molecule has 1 atom stereocenters. The van der Waals surface area contributed by atoms with E-state index >= 15 is 0 Å². The van der Waals surface area contributed by atoms with Crippen molar-refractivity contribution >= 4 is 17.9 Å². The summed E-state index contributed by atoms with van der Waals surface area (Å²) in [7, 11) is 0. The Balaban J connectivity index is 4.46. The highest BCUT2D eigenvalue weighted by Crippen LogP contribution is 2.12. The fourth-order valence-electron chi connectivity index (χ4n) is 6.49. The van der Waals surface area contributed by atoms with E-state index in [1.165, 1.54) is 96.3 Å². The Bertz CT molecular complexity index is 1070. The smallest absolute Gasteiger partial charge is 0.306 e. The van der Waals surface area contributed by atoms with E-state index in [2.05, 4.69) is 81.5 Å². The third-order valence-corrected chi connectivity index (χ3v) is 10.2. The van der Waals surface area contributed by atoms with E-state index in [9.17, 15) is 14.4 Å². The van der Waals surface area contributed by atoms with Crippen LogP contribution in [0.5, 0.6) is 0 Å². The van der Waals surface area contributed by atoms with Gasteiger partial charge in [-0.05, 0) is 96.3 Å². The lowest BCUT2D eigenvalue weighted by molar-refractivity contribution is -0.167. The molecule has 0 aliphatic heterocycles. The molecule has 0 aliphatic rings. The number of ether oxygens (including phenoxy) is 3. The molecule has 0 saturated carbocycles. The predicted molar refractivity (Wildman–Crippen MR) is 247 cm³/mol. The van der Waals surface area contributed by atoms with Gasteiger partial charge in [0.15, 0.2) is 6.10 Å². The first-order valence-electron chi connectivity index (χ1n) is 24.3. The molecule has 0 radical (unpaired) electrons. The van der Waals surface area contributed by atoms with Crippen molar-refractivity contribution in [3.8, 4) is 0 Å². The summed E-state index contributed by atoms with van der Waals surface area (Å²) in [6, 6.07) is 0. The zero-order valence-corrected chi connectivity index (χ0v) is 38.0. The molecule has 6 heteroatoms. The van der Waals surface area contributed by atoms with Crippen molar-refractivity contribution in [2.45, 2.75) is 239 Å².